The molecule has 0 bridgehead atoms. The Balaban J connectivity index is 1.16. The number of carboxylic acid groups (broad SMARTS) is 2. The third kappa shape index (κ3) is 7.75. The summed E-state index contributed by atoms with van der Waals surface area (Å²) in [5.74, 6) is -5.51. The van der Waals surface area contributed by atoms with Crippen LogP contribution in [0.3, 0.4) is 0 Å². The average Bonchev–Trinajstić information content (AvgIpc) is 3.86. The zero-order valence-electron chi connectivity index (χ0n) is 25.9. The molecule has 0 aliphatic heterocycles. The SMILES string of the molecule is O=C(Nc1cc(CCSc2cc(NC(=O)c3ccc(-n4ccnc4)nn3)c(C(=O)O)cc2F)c(F)cc1C(=O)O)c1ccc(-n2cccc2)nn1. The topological polar surface area (TPSA) is 207 Å². The van der Waals surface area contributed by atoms with Gasteiger partial charge in [0, 0.05) is 35.4 Å². The second-order valence-corrected chi connectivity index (χ2v) is 11.7. The van der Waals surface area contributed by atoms with Gasteiger partial charge in [-0.1, -0.05) is 0 Å². The second-order valence-electron chi connectivity index (χ2n) is 10.5. The quantitative estimate of drug-likeness (QED) is 0.127. The summed E-state index contributed by atoms with van der Waals surface area (Å²) in [6.45, 7) is 0. The zero-order valence-corrected chi connectivity index (χ0v) is 26.7. The maximum atomic E-state index is 15.0. The summed E-state index contributed by atoms with van der Waals surface area (Å²) in [7, 11) is 0. The summed E-state index contributed by atoms with van der Waals surface area (Å²) in [6.07, 6.45) is 8.05. The predicted octanol–water partition coefficient (Wildman–Crippen LogP) is 4.76. The van der Waals surface area contributed by atoms with Crippen molar-refractivity contribution in [2.45, 2.75) is 11.3 Å². The van der Waals surface area contributed by atoms with E-state index in [9.17, 15) is 29.4 Å². The van der Waals surface area contributed by atoms with E-state index in [0.717, 1.165) is 36.0 Å². The summed E-state index contributed by atoms with van der Waals surface area (Å²) < 4.78 is 33.3. The largest absolute Gasteiger partial charge is 0.478 e. The fourth-order valence-corrected chi connectivity index (χ4v) is 5.67. The molecule has 51 heavy (non-hydrogen) atoms. The number of anilines is 2. The van der Waals surface area contributed by atoms with Gasteiger partial charge in [0.25, 0.3) is 11.8 Å². The van der Waals surface area contributed by atoms with Crippen molar-refractivity contribution in [1.82, 2.24) is 34.5 Å². The molecule has 256 valence electrons. The van der Waals surface area contributed by atoms with Gasteiger partial charge in [-0.2, -0.15) is 0 Å². The van der Waals surface area contributed by atoms with Gasteiger partial charge in [-0.05, 0) is 72.6 Å². The number of aromatic nitrogens is 7. The zero-order chi connectivity index (χ0) is 36.1. The molecule has 15 nitrogen and oxygen atoms in total. The molecule has 0 aliphatic rings. The highest BCUT2D eigenvalue weighted by atomic mass is 32.2. The minimum Gasteiger partial charge on any atom is -0.478 e. The first-order chi connectivity index (χ1) is 24.6. The third-order valence-electron chi connectivity index (χ3n) is 7.25. The van der Waals surface area contributed by atoms with Crippen LogP contribution >= 0.6 is 11.8 Å². The number of nitrogens with zero attached hydrogens (tertiary/aromatic N) is 7. The van der Waals surface area contributed by atoms with Gasteiger partial charge in [0.15, 0.2) is 23.0 Å². The number of hydrogen-bond donors (Lipinski definition) is 4. The van der Waals surface area contributed by atoms with Crippen molar-refractivity contribution in [3.05, 3.63) is 131 Å². The Bertz CT molecular complexity index is 2090. The molecule has 4 N–H and O–H groups in total. The van der Waals surface area contributed by atoms with Crippen molar-refractivity contribution in [2.24, 2.45) is 0 Å². The molecule has 0 fully saturated rings. The molecule has 0 unspecified atom stereocenters. The number of amides is 2. The van der Waals surface area contributed by atoms with Crippen LogP contribution in [0.15, 0.2) is 96.7 Å². The normalized spacial score (nSPS) is 10.9. The van der Waals surface area contributed by atoms with Crippen molar-refractivity contribution in [3.63, 3.8) is 0 Å². The summed E-state index contributed by atoms with van der Waals surface area (Å²) >= 11 is 0.889. The number of benzene rings is 2. The minimum absolute atomic E-state index is 0.00523. The number of carbonyl (C=O) groups is 4. The first kappa shape index (κ1) is 34.1. The first-order valence-corrected chi connectivity index (χ1v) is 15.7. The van der Waals surface area contributed by atoms with E-state index < -0.39 is 46.5 Å². The highest BCUT2D eigenvalue weighted by Gasteiger charge is 2.21. The van der Waals surface area contributed by atoms with Gasteiger partial charge in [-0.3, -0.25) is 14.2 Å². The van der Waals surface area contributed by atoms with Crippen LogP contribution in [0.2, 0.25) is 0 Å². The Morgan fingerprint density at radius 2 is 1.27 bits per heavy atom. The van der Waals surface area contributed by atoms with E-state index >= 15 is 8.78 Å². The van der Waals surface area contributed by atoms with Crippen LogP contribution < -0.4 is 10.6 Å². The van der Waals surface area contributed by atoms with Crippen LogP contribution in [0.5, 0.6) is 0 Å². The Morgan fingerprint density at radius 3 is 1.80 bits per heavy atom. The van der Waals surface area contributed by atoms with Gasteiger partial charge in [0.05, 0.1) is 22.5 Å². The Kier molecular flexibility index (Phi) is 9.85. The van der Waals surface area contributed by atoms with Gasteiger partial charge in [0.1, 0.15) is 18.0 Å². The van der Waals surface area contributed by atoms with Crippen LogP contribution in [0.1, 0.15) is 47.3 Å². The first-order valence-electron chi connectivity index (χ1n) is 14.7. The number of aromatic carboxylic acids is 2. The highest BCUT2D eigenvalue weighted by molar-refractivity contribution is 7.99. The number of hydrogen-bond acceptors (Lipinski definition) is 10. The van der Waals surface area contributed by atoms with Crippen molar-refractivity contribution in [3.8, 4) is 11.6 Å². The molecule has 2 aromatic carbocycles. The molecule has 18 heteroatoms. The molecule has 2 amide bonds. The number of carboxylic acids is 2. The maximum Gasteiger partial charge on any atom is 0.337 e. The van der Waals surface area contributed by atoms with Crippen LogP contribution in [0.25, 0.3) is 11.6 Å². The number of nitrogens with one attached hydrogen (secondary N) is 2. The lowest BCUT2D eigenvalue weighted by Crippen LogP contribution is -2.18. The predicted molar refractivity (Wildman–Crippen MR) is 178 cm³/mol. The van der Waals surface area contributed by atoms with E-state index in [0.29, 0.717) is 11.6 Å². The van der Waals surface area contributed by atoms with E-state index in [1.807, 2.05) is 0 Å². The van der Waals surface area contributed by atoms with Gasteiger partial charge in [0.2, 0.25) is 0 Å². The molecule has 6 rings (SSSR count). The fraction of sp³-hybridized carbons (Fsp3) is 0.0606. The lowest BCUT2D eigenvalue weighted by Gasteiger charge is -2.13. The van der Waals surface area contributed by atoms with Crippen LogP contribution in [-0.2, 0) is 6.42 Å². The third-order valence-corrected chi connectivity index (χ3v) is 8.28. The molecular weight excluding hydrogens is 688 g/mol. The van der Waals surface area contributed by atoms with Crippen molar-refractivity contribution in [2.75, 3.05) is 16.4 Å². The van der Waals surface area contributed by atoms with Crippen molar-refractivity contribution in [1.29, 1.82) is 0 Å². The lowest BCUT2D eigenvalue weighted by atomic mass is 10.1. The number of carbonyl (C=O) groups excluding carboxylic acids is 2. The number of aryl methyl sites for hydroxylation is 1. The molecule has 0 aliphatic carbocycles. The van der Waals surface area contributed by atoms with Gasteiger partial charge in [-0.25, -0.2) is 23.4 Å². The summed E-state index contributed by atoms with van der Waals surface area (Å²) in [4.78, 5) is 53.4. The van der Waals surface area contributed by atoms with Crippen molar-refractivity contribution < 1.29 is 38.2 Å². The monoisotopic (exact) mass is 711 g/mol. The molecular formula is C33H23F2N9O6S. The Morgan fingerprint density at radius 1 is 0.706 bits per heavy atom. The van der Waals surface area contributed by atoms with E-state index in [4.69, 9.17) is 0 Å². The van der Waals surface area contributed by atoms with E-state index in [2.05, 4.69) is 36.0 Å². The van der Waals surface area contributed by atoms with Crippen LogP contribution in [-0.4, -0.2) is 74.2 Å². The Labute approximate surface area is 290 Å². The van der Waals surface area contributed by atoms with Crippen LogP contribution in [0, 0.1) is 11.6 Å². The molecule has 0 spiro atoms. The fourth-order valence-electron chi connectivity index (χ4n) is 4.73. The highest BCUT2D eigenvalue weighted by Crippen LogP contribution is 2.31. The number of thioether (sulfide) groups is 1. The molecule has 0 saturated heterocycles. The number of rotatable bonds is 12. The summed E-state index contributed by atoms with van der Waals surface area (Å²) in [6, 6.07) is 13.2. The number of imidazole rings is 1. The smallest absolute Gasteiger partial charge is 0.337 e. The molecule has 0 saturated carbocycles. The molecule has 0 radical (unpaired) electrons. The van der Waals surface area contributed by atoms with Crippen LogP contribution in [0.4, 0.5) is 20.2 Å². The Hall–Kier alpha value is -6.82. The molecule has 0 atom stereocenters. The molecule has 4 heterocycles. The summed E-state index contributed by atoms with van der Waals surface area (Å²) in [5, 5.41) is 39.9. The molecule has 4 aromatic heterocycles. The summed E-state index contributed by atoms with van der Waals surface area (Å²) in [5.41, 5.74) is -1.70. The average molecular weight is 712 g/mol. The van der Waals surface area contributed by atoms with E-state index in [1.165, 1.54) is 30.7 Å². The van der Waals surface area contributed by atoms with Crippen molar-refractivity contribution >= 4 is 46.9 Å². The lowest BCUT2D eigenvalue weighted by molar-refractivity contribution is 0.0686. The van der Waals surface area contributed by atoms with E-state index in [1.54, 1.807) is 45.9 Å². The number of halogens is 2. The van der Waals surface area contributed by atoms with Gasteiger partial charge < -0.3 is 25.4 Å². The minimum atomic E-state index is -1.50. The standard InChI is InChI=1S/C33H23F2N9O6S/c34-21-14-19(32(47)48)25(37-30(45)23-3-5-28(41-39-23)43-9-1-2-10-43)13-18(21)7-12-51-27-16-26(20(33(49)50)15-22(27)35)38-31(46)24-4-6-29(42-40-24)44-11-8-36-17-44/h1-6,8-11,13-17H,7,12H2,(H,37,45)(H,38,46)(H,47,48)(H,49,50). The second kappa shape index (κ2) is 14.7. The molecule has 6 aromatic rings. The maximum absolute atomic E-state index is 15.0. The van der Waals surface area contributed by atoms with Gasteiger partial charge >= 0.3 is 11.9 Å². The van der Waals surface area contributed by atoms with E-state index in [-0.39, 0.29) is 45.4 Å². The van der Waals surface area contributed by atoms with Gasteiger partial charge in [-0.15, -0.1) is 32.2 Å².